The second-order valence-electron chi connectivity index (χ2n) is 5.81. The standard InChI is InChI=1S/C22H22O4/c1-15(21(23)25-3)19(17-11-7-5-8-12-17)20(16(2)22(24)26-4)18-13-9-6-10-14-18/h5-14,19-20H,1-2H2,3-4H3. The number of carbonyl (C=O) groups excluding carboxylic acids is 2. The fourth-order valence-corrected chi connectivity index (χ4v) is 3.03. The molecule has 2 unspecified atom stereocenters. The first-order chi connectivity index (χ1) is 12.5. The molecule has 0 aromatic heterocycles. The Morgan fingerprint density at radius 1 is 0.692 bits per heavy atom. The number of benzene rings is 2. The maximum Gasteiger partial charge on any atom is 0.333 e. The highest BCUT2D eigenvalue weighted by Crippen LogP contribution is 2.42. The molecule has 2 aromatic carbocycles. The Morgan fingerprint density at radius 2 is 1.00 bits per heavy atom. The van der Waals surface area contributed by atoms with Gasteiger partial charge in [-0.05, 0) is 11.1 Å². The first-order valence-electron chi connectivity index (χ1n) is 8.15. The molecule has 0 spiro atoms. The third kappa shape index (κ3) is 4.09. The van der Waals surface area contributed by atoms with Gasteiger partial charge >= 0.3 is 11.9 Å². The summed E-state index contributed by atoms with van der Waals surface area (Å²) in [5.74, 6) is -2.09. The highest BCUT2D eigenvalue weighted by molar-refractivity contribution is 5.93. The quantitative estimate of drug-likeness (QED) is 0.559. The summed E-state index contributed by atoms with van der Waals surface area (Å²) in [6, 6.07) is 18.8. The summed E-state index contributed by atoms with van der Waals surface area (Å²) in [7, 11) is 2.62. The number of carbonyl (C=O) groups is 2. The molecule has 0 heterocycles. The summed E-state index contributed by atoms with van der Waals surface area (Å²) in [4.78, 5) is 24.5. The van der Waals surface area contributed by atoms with Gasteiger partial charge in [-0.2, -0.15) is 0 Å². The largest absolute Gasteiger partial charge is 0.466 e. The zero-order chi connectivity index (χ0) is 19.1. The van der Waals surface area contributed by atoms with E-state index in [9.17, 15) is 9.59 Å². The van der Waals surface area contributed by atoms with Gasteiger partial charge in [0.25, 0.3) is 0 Å². The van der Waals surface area contributed by atoms with Gasteiger partial charge in [0.2, 0.25) is 0 Å². The summed E-state index contributed by atoms with van der Waals surface area (Å²) in [6.07, 6.45) is 0. The zero-order valence-corrected chi connectivity index (χ0v) is 15.0. The van der Waals surface area contributed by atoms with Gasteiger partial charge in [-0.25, -0.2) is 9.59 Å². The van der Waals surface area contributed by atoms with E-state index in [0.29, 0.717) is 0 Å². The van der Waals surface area contributed by atoms with E-state index < -0.39 is 23.8 Å². The van der Waals surface area contributed by atoms with Crippen molar-refractivity contribution < 1.29 is 19.1 Å². The maximum atomic E-state index is 12.3. The minimum Gasteiger partial charge on any atom is -0.466 e. The van der Waals surface area contributed by atoms with Crippen LogP contribution in [0.4, 0.5) is 0 Å². The van der Waals surface area contributed by atoms with Crippen molar-refractivity contribution >= 4 is 11.9 Å². The van der Waals surface area contributed by atoms with Crippen LogP contribution in [0.25, 0.3) is 0 Å². The van der Waals surface area contributed by atoms with Crippen LogP contribution >= 0.6 is 0 Å². The van der Waals surface area contributed by atoms with E-state index in [-0.39, 0.29) is 11.1 Å². The number of hydrogen-bond acceptors (Lipinski definition) is 4. The summed E-state index contributed by atoms with van der Waals surface area (Å²) in [6.45, 7) is 7.90. The van der Waals surface area contributed by atoms with Crippen LogP contribution in [-0.4, -0.2) is 26.2 Å². The Morgan fingerprint density at radius 3 is 1.27 bits per heavy atom. The van der Waals surface area contributed by atoms with E-state index in [1.807, 2.05) is 60.7 Å². The van der Waals surface area contributed by atoms with Crippen molar-refractivity contribution in [3.8, 4) is 0 Å². The number of esters is 2. The van der Waals surface area contributed by atoms with Crippen LogP contribution in [0.1, 0.15) is 23.0 Å². The number of hydrogen-bond donors (Lipinski definition) is 0. The lowest BCUT2D eigenvalue weighted by Crippen LogP contribution is -2.24. The van der Waals surface area contributed by atoms with Crippen molar-refractivity contribution in [2.45, 2.75) is 11.8 Å². The van der Waals surface area contributed by atoms with Crippen molar-refractivity contribution in [2.24, 2.45) is 0 Å². The monoisotopic (exact) mass is 350 g/mol. The van der Waals surface area contributed by atoms with Crippen LogP contribution in [0.3, 0.4) is 0 Å². The Kier molecular flexibility index (Phi) is 6.50. The molecule has 2 rings (SSSR count). The van der Waals surface area contributed by atoms with Crippen molar-refractivity contribution in [3.63, 3.8) is 0 Å². The lowest BCUT2D eigenvalue weighted by molar-refractivity contribution is -0.138. The normalized spacial score (nSPS) is 12.5. The SMILES string of the molecule is C=C(C(=O)OC)C(c1ccccc1)C(C(=C)C(=O)OC)c1ccccc1. The van der Waals surface area contributed by atoms with Gasteiger partial charge in [-0.15, -0.1) is 0 Å². The summed E-state index contributed by atoms with van der Waals surface area (Å²) in [5, 5.41) is 0. The molecule has 26 heavy (non-hydrogen) atoms. The molecule has 0 N–H and O–H groups in total. The van der Waals surface area contributed by atoms with E-state index in [4.69, 9.17) is 9.47 Å². The van der Waals surface area contributed by atoms with Crippen molar-refractivity contribution in [3.05, 3.63) is 96.1 Å². The van der Waals surface area contributed by atoms with E-state index in [1.54, 1.807) is 0 Å². The molecular weight excluding hydrogens is 328 g/mol. The fraction of sp³-hybridized carbons (Fsp3) is 0.182. The average Bonchev–Trinajstić information content (AvgIpc) is 2.70. The van der Waals surface area contributed by atoms with Crippen molar-refractivity contribution in [2.75, 3.05) is 14.2 Å². The average molecular weight is 350 g/mol. The fourth-order valence-electron chi connectivity index (χ4n) is 3.03. The molecule has 0 aliphatic rings. The van der Waals surface area contributed by atoms with Crippen LogP contribution in [-0.2, 0) is 19.1 Å². The molecule has 2 atom stereocenters. The minimum absolute atomic E-state index is 0.248. The third-order valence-corrected chi connectivity index (χ3v) is 4.30. The molecule has 0 saturated heterocycles. The van der Waals surface area contributed by atoms with Gasteiger partial charge in [-0.1, -0.05) is 73.8 Å². The molecule has 0 radical (unpaired) electrons. The molecule has 0 amide bonds. The lowest BCUT2D eigenvalue weighted by atomic mass is 9.74. The van der Waals surface area contributed by atoms with Gasteiger partial charge in [0.05, 0.1) is 14.2 Å². The molecule has 4 nitrogen and oxygen atoms in total. The highest BCUT2D eigenvalue weighted by Gasteiger charge is 2.35. The minimum atomic E-state index is -0.530. The van der Waals surface area contributed by atoms with Crippen LogP contribution < -0.4 is 0 Å². The van der Waals surface area contributed by atoms with Crippen molar-refractivity contribution in [1.29, 1.82) is 0 Å². The van der Waals surface area contributed by atoms with E-state index in [0.717, 1.165) is 11.1 Å². The highest BCUT2D eigenvalue weighted by atomic mass is 16.5. The first-order valence-corrected chi connectivity index (χ1v) is 8.15. The van der Waals surface area contributed by atoms with E-state index in [2.05, 4.69) is 13.2 Å². The summed E-state index contributed by atoms with van der Waals surface area (Å²) < 4.78 is 9.77. The smallest absolute Gasteiger partial charge is 0.333 e. The topological polar surface area (TPSA) is 52.6 Å². The van der Waals surface area contributed by atoms with Gasteiger partial charge in [-0.3, -0.25) is 0 Å². The molecule has 2 aromatic rings. The molecule has 0 bridgehead atoms. The first kappa shape index (κ1) is 19.2. The maximum absolute atomic E-state index is 12.3. The molecular formula is C22H22O4. The van der Waals surface area contributed by atoms with E-state index >= 15 is 0 Å². The lowest BCUT2D eigenvalue weighted by Gasteiger charge is -2.29. The number of rotatable bonds is 7. The molecule has 0 aliphatic heterocycles. The van der Waals surface area contributed by atoms with Crippen LogP contribution in [0.2, 0.25) is 0 Å². The molecule has 0 fully saturated rings. The number of ether oxygens (including phenoxy) is 2. The van der Waals surface area contributed by atoms with Gasteiger partial charge < -0.3 is 9.47 Å². The summed E-state index contributed by atoms with van der Waals surface area (Å²) >= 11 is 0. The zero-order valence-electron chi connectivity index (χ0n) is 15.0. The Bertz CT molecular complexity index is 724. The van der Waals surface area contributed by atoms with Gasteiger partial charge in [0.1, 0.15) is 0 Å². The van der Waals surface area contributed by atoms with Crippen LogP contribution in [0.5, 0.6) is 0 Å². The second kappa shape index (κ2) is 8.81. The van der Waals surface area contributed by atoms with Gasteiger partial charge in [0.15, 0.2) is 0 Å². The predicted molar refractivity (Wildman–Crippen MR) is 101 cm³/mol. The predicted octanol–water partition coefficient (Wildman–Crippen LogP) is 4.01. The molecule has 0 saturated carbocycles. The summed E-state index contributed by atoms with van der Waals surface area (Å²) in [5.41, 5.74) is 2.17. The van der Waals surface area contributed by atoms with Crippen LogP contribution in [0.15, 0.2) is 85.0 Å². The Labute approximate surface area is 153 Å². The van der Waals surface area contributed by atoms with E-state index in [1.165, 1.54) is 14.2 Å². The molecule has 0 aliphatic carbocycles. The number of methoxy groups -OCH3 is 2. The Hall–Kier alpha value is -3.14. The molecule has 134 valence electrons. The second-order valence-corrected chi connectivity index (χ2v) is 5.81. The molecule has 4 heteroatoms. The third-order valence-electron chi connectivity index (χ3n) is 4.30. The van der Waals surface area contributed by atoms with Gasteiger partial charge in [0, 0.05) is 23.0 Å². The Balaban J connectivity index is 2.65. The van der Waals surface area contributed by atoms with Crippen LogP contribution in [0, 0.1) is 0 Å². The van der Waals surface area contributed by atoms with Crippen molar-refractivity contribution in [1.82, 2.24) is 0 Å².